The second-order valence-electron chi connectivity index (χ2n) is 6.21. The van der Waals surface area contributed by atoms with Gasteiger partial charge in [-0.2, -0.15) is 5.10 Å². The third kappa shape index (κ3) is 4.00. The lowest BCUT2D eigenvalue weighted by molar-refractivity contribution is 0.0696. The number of nitrogens with one attached hydrogen (secondary N) is 2. The maximum atomic E-state index is 12.5. The fraction of sp³-hybridized carbons (Fsp3) is 0.294. The third-order valence-electron chi connectivity index (χ3n) is 4.35. The molecule has 10 nitrogen and oxygen atoms in total. The normalized spacial score (nSPS) is 14.7. The van der Waals surface area contributed by atoms with Crippen molar-refractivity contribution in [1.82, 2.24) is 20.4 Å². The van der Waals surface area contributed by atoms with Crippen LogP contribution in [0.5, 0.6) is 17.2 Å². The summed E-state index contributed by atoms with van der Waals surface area (Å²) in [6.45, 7) is 0.733. The number of aromatic nitrogens is 2. The minimum atomic E-state index is -0.677. The van der Waals surface area contributed by atoms with Gasteiger partial charge in [-0.1, -0.05) is 0 Å². The molecule has 0 radical (unpaired) electrons. The standard InChI is InChI=1S/C17H18N4O6/c22-12-7-9(8-13(23)15(12)25)17(27)21-5-3-10(4-6-21)18-16(26)11-1-2-14(24)20-19-11/h1-2,7-8,10,22-23,25H,3-6H2,(H,18,26)(H,20,24). The van der Waals surface area contributed by atoms with Gasteiger partial charge in [0.1, 0.15) is 5.69 Å². The highest BCUT2D eigenvalue weighted by Gasteiger charge is 2.26. The second-order valence-corrected chi connectivity index (χ2v) is 6.21. The molecule has 27 heavy (non-hydrogen) atoms. The molecule has 142 valence electrons. The Hall–Kier alpha value is -3.56. The Morgan fingerprint density at radius 2 is 1.74 bits per heavy atom. The quantitative estimate of drug-likeness (QED) is 0.470. The number of aromatic hydroxyl groups is 3. The number of benzene rings is 1. The van der Waals surface area contributed by atoms with Gasteiger partial charge in [-0.05, 0) is 31.0 Å². The Kier molecular flexibility index (Phi) is 4.97. The number of piperidine rings is 1. The van der Waals surface area contributed by atoms with Crippen LogP contribution < -0.4 is 10.9 Å². The smallest absolute Gasteiger partial charge is 0.271 e. The van der Waals surface area contributed by atoms with Crippen LogP contribution >= 0.6 is 0 Å². The lowest BCUT2D eigenvalue weighted by Gasteiger charge is -2.32. The zero-order valence-electron chi connectivity index (χ0n) is 14.2. The fourth-order valence-electron chi connectivity index (χ4n) is 2.87. The van der Waals surface area contributed by atoms with Crippen molar-refractivity contribution in [3.63, 3.8) is 0 Å². The van der Waals surface area contributed by atoms with Crippen LogP contribution in [0.2, 0.25) is 0 Å². The van der Waals surface area contributed by atoms with E-state index in [1.165, 1.54) is 17.0 Å². The van der Waals surface area contributed by atoms with E-state index in [9.17, 15) is 29.7 Å². The van der Waals surface area contributed by atoms with E-state index >= 15 is 0 Å². The minimum absolute atomic E-state index is 0.0581. The van der Waals surface area contributed by atoms with E-state index < -0.39 is 34.6 Å². The molecule has 1 aromatic carbocycles. The summed E-state index contributed by atoms with van der Waals surface area (Å²) in [5.41, 5.74) is -0.240. The highest BCUT2D eigenvalue weighted by Crippen LogP contribution is 2.35. The molecule has 3 rings (SSSR count). The second kappa shape index (κ2) is 7.36. The molecular formula is C17H18N4O6. The Morgan fingerprint density at radius 1 is 1.11 bits per heavy atom. The van der Waals surface area contributed by atoms with Gasteiger partial charge in [-0.15, -0.1) is 0 Å². The molecule has 1 aromatic heterocycles. The zero-order valence-corrected chi connectivity index (χ0v) is 14.2. The summed E-state index contributed by atoms with van der Waals surface area (Å²) in [5, 5.41) is 37.1. The summed E-state index contributed by atoms with van der Waals surface area (Å²) >= 11 is 0. The van der Waals surface area contributed by atoms with Crippen LogP contribution in [0, 0.1) is 0 Å². The number of rotatable bonds is 3. The number of carbonyl (C=O) groups is 2. The predicted molar refractivity (Wildman–Crippen MR) is 92.7 cm³/mol. The van der Waals surface area contributed by atoms with Gasteiger partial charge in [-0.25, -0.2) is 5.10 Å². The fourth-order valence-corrected chi connectivity index (χ4v) is 2.87. The number of H-pyrrole nitrogens is 1. The number of aromatic amines is 1. The number of hydrogen-bond acceptors (Lipinski definition) is 7. The van der Waals surface area contributed by atoms with E-state index in [0.29, 0.717) is 25.9 Å². The number of nitrogens with zero attached hydrogens (tertiary/aromatic N) is 2. The lowest BCUT2D eigenvalue weighted by Crippen LogP contribution is -2.46. The molecular weight excluding hydrogens is 356 g/mol. The van der Waals surface area contributed by atoms with E-state index in [2.05, 4.69) is 15.5 Å². The first kappa shape index (κ1) is 18.2. The van der Waals surface area contributed by atoms with Crippen LogP contribution in [0.15, 0.2) is 29.1 Å². The van der Waals surface area contributed by atoms with Crippen molar-refractivity contribution < 1.29 is 24.9 Å². The summed E-state index contributed by atoms with van der Waals surface area (Å²) in [7, 11) is 0. The monoisotopic (exact) mass is 374 g/mol. The Labute approximate surface area is 153 Å². The molecule has 0 aliphatic carbocycles. The molecule has 0 unspecified atom stereocenters. The van der Waals surface area contributed by atoms with Gasteiger partial charge in [0.15, 0.2) is 17.2 Å². The molecule has 2 aromatic rings. The van der Waals surface area contributed by atoms with Crippen LogP contribution in [-0.4, -0.2) is 61.4 Å². The molecule has 0 bridgehead atoms. The van der Waals surface area contributed by atoms with Crippen molar-refractivity contribution in [3.05, 3.63) is 45.9 Å². The van der Waals surface area contributed by atoms with Crippen molar-refractivity contribution in [2.24, 2.45) is 0 Å². The topological polar surface area (TPSA) is 156 Å². The van der Waals surface area contributed by atoms with Gasteiger partial charge in [0.05, 0.1) is 0 Å². The van der Waals surface area contributed by atoms with E-state index in [4.69, 9.17) is 0 Å². The molecule has 1 aliphatic rings. The summed E-state index contributed by atoms with van der Waals surface area (Å²) in [6.07, 6.45) is 1.02. The van der Waals surface area contributed by atoms with Crippen LogP contribution in [0.4, 0.5) is 0 Å². The Morgan fingerprint density at radius 3 is 2.30 bits per heavy atom. The summed E-state index contributed by atoms with van der Waals surface area (Å²) in [4.78, 5) is 37.1. The Balaban J connectivity index is 1.58. The first-order valence-corrected chi connectivity index (χ1v) is 8.26. The van der Waals surface area contributed by atoms with Gasteiger partial charge in [0.2, 0.25) is 0 Å². The molecule has 0 saturated carbocycles. The maximum Gasteiger partial charge on any atom is 0.271 e. The SMILES string of the molecule is O=C(NC1CCN(C(=O)c2cc(O)c(O)c(O)c2)CC1)c1ccc(=O)[nH]n1. The minimum Gasteiger partial charge on any atom is -0.504 e. The summed E-state index contributed by atoms with van der Waals surface area (Å²) in [5.74, 6) is -2.64. The number of likely N-dealkylation sites (tertiary alicyclic amines) is 1. The zero-order chi connectivity index (χ0) is 19.6. The van der Waals surface area contributed by atoms with Crippen molar-refractivity contribution in [2.75, 3.05) is 13.1 Å². The molecule has 2 amide bonds. The first-order chi connectivity index (χ1) is 12.8. The van der Waals surface area contributed by atoms with E-state index in [0.717, 1.165) is 12.1 Å². The molecule has 10 heteroatoms. The lowest BCUT2D eigenvalue weighted by atomic mass is 10.0. The average molecular weight is 374 g/mol. The van der Waals surface area contributed by atoms with Crippen LogP contribution in [0.3, 0.4) is 0 Å². The molecule has 1 fully saturated rings. The van der Waals surface area contributed by atoms with Crippen molar-refractivity contribution in [3.8, 4) is 17.2 Å². The van der Waals surface area contributed by atoms with E-state index in [1.54, 1.807) is 0 Å². The van der Waals surface area contributed by atoms with Gasteiger partial charge in [0, 0.05) is 30.8 Å². The largest absolute Gasteiger partial charge is 0.504 e. The molecule has 1 saturated heterocycles. The first-order valence-electron chi connectivity index (χ1n) is 8.26. The number of hydrogen-bond donors (Lipinski definition) is 5. The van der Waals surface area contributed by atoms with E-state index in [-0.39, 0.29) is 17.3 Å². The highest BCUT2D eigenvalue weighted by atomic mass is 16.3. The maximum absolute atomic E-state index is 12.5. The molecule has 1 aliphatic heterocycles. The van der Waals surface area contributed by atoms with Gasteiger partial charge in [-0.3, -0.25) is 14.4 Å². The Bertz CT molecular complexity index is 890. The van der Waals surface area contributed by atoms with Crippen LogP contribution in [0.25, 0.3) is 0 Å². The number of carbonyl (C=O) groups excluding carboxylic acids is 2. The van der Waals surface area contributed by atoms with Crippen molar-refractivity contribution in [2.45, 2.75) is 18.9 Å². The number of amides is 2. The van der Waals surface area contributed by atoms with Gasteiger partial charge in [0.25, 0.3) is 17.4 Å². The number of phenols is 3. The molecule has 0 atom stereocenters. The average Bonchev–Trinajstić information content (AvgIpc) is 2.66. The number of phenolic OH excluding ortho intramolecular Hbond substituents is 3. The molecule has 0 spiro atoms. The summed E-state index contributed by atoms with van der Waals surface area (Å²) < 4.78 is 0. The van der Waals surface area contributed by atoms with Crippen molar-refractivity contribution >= 4 is 11.8 Å². The van der Waals surface area contributed by atoms with Gasteiger partial charge >= 0.3 is 0 Å². The highest BCUT2D eigenvalue weighted by molar-refractivity contribution is 5.95. The third-order valence-corrected chi connectivity index (χ3v) is 4.35. The van der Waals surface area contributed by atoms with Crippen LogP contribution in [0.1, 0.15) is 33.7 Å². The summed E-state index contributed by atoms with van der Waals surface area (Å²) in [6, 6.07) is 4.57. The predicted octanol–water partition coefficient (Wildman–Crippen LogP) is -0.0787. The van der Waals surface area contributed by atoms with E-state index in [1.807, 2.05) is 0 Å². The van der Waals surface area contributed by atoms with Crippen molar-refractivity contribution in [1.29, 1.82) is 0 Å². The van der Waals surface area contributed by atoms with Crippen LogP contribution in [-0.2, 0) is 0 Å². The molecule has 5 N–H and O–H groups in total. The van der Waals surface area contributed by atoms with Gasteiger partial charge < -0.3 is 25.5 Å². The molecule has 2 heterocycles.